The standard InChI is InChI=1S/C19H13Br2N5/c20-14-8-13(10-23-11-14)12-6-7-17-16(9-12)18(25-19(22)24-17)26(21)15-4-2-1-3-5-15/h1-11H,(H2,22,24,25). The Hall–Kier alpha value is -2.51. The molecule has 2 N–H and O–H groups in total. The van der Waals surface area contributed by atoms with E-state index in [0.717, 1.165) is 32.2 Å². The summed E-state index contributed by atoms with van der Waals surface area (Å²) < 4.78 is 2.76. The van der Waals surface area contributed by atoms with Gasteiger partial charge >= 0.3 is 0 Å². The summed E-state index contributed by atoms with van der Waals surface area (Å²) in [4.78, 5) is 13.1. The van der Waals surface area contributed by atoms with E-state index in [1.165, 1.54) is 0 Å². The van der Waals surface area contributed by atoms with Crippen molar-refractivity contribution in [2.75, 3.05) is 9.66 Å². The Balaban J connectivity index is 1.90. The molecule has 0 spiro atoms. The number of halogens is 2. The van der Waals surface area contributed by atoms with E-state index in [4.69, 9.17) is 5.73 Å². The number of fused-ring (bicyclic) bond motifs is 1. The average molecular weight is 471 g/mol. The topological polar surface area (TPSA) is 67.9 Å². The van der Waals surface area contributed by atoms with Gasteiger partial charge in [0.2, 0.25) is 5.95 Å². The summed E-state index contributed by atoms with van der Waals surface area (Å²) in [7, 11) is 0. The third-order valence-electron chi connectivity index (χ3n) is 3.90. The third-order valence-corrected chi connectivity index (χ3v) is 5.08. The third kappa shape index (κ3) is 3.27. The van der Waals surface area contributed by atoms with E-state index in [0.29, 0.717) is 5.82 Å². The highest BCUT2D eigenvalue weighted by Crippen LogP contribution is 2.35. The first kappa shape index (κ1) is 16.9. The van der Waals surface area contributed by atoms with Gasteiger partial charge in [0, 0.05) is 27.8 Å². The Bertz CT molecular complexity index is 1090. The number of hydrogen-bond donors (Lipinski definition) is 1. The fourth-order valence-electron chi connectivity index (χ4n) is 2.71. The predicted octanol–water partition coefficient (Wildman–Crippen LogP) is 5.48. The van der Waals surface area contributed by atoms with Crippen LogP contribution in [0.15, 0.2) is 71.5 Å². The molecule has 5 nitrogen and oxygen atoms in total. The number of pyridine rings is 1. The highest BCUT2D eigenvalue weighted by atomic mass is 79.9. The molecular formula is C19H13Br2N5. The van der Waals surface area contributed by atoms with Gasteiger partial charge in [0.05, 0.1) is 27.4 Å². The van der Waals surface area contributed by atoms with Crippen LogP contribution in [-0.2, 0) is 0 Å². The van der Waals surface area contributed by atoms with Gasteiger partial charge in [-0.05, 0) is 51.8 Å². The van der Waals surface area contributed by atoms with Gasteiger partial charge in [0.15, 0.2) is 5.82 Å². The normalized spacial score (nSPS) is 10.8. The fraction of sp³-hybridized carbons (Fsp3) is 0. The molecule has 0 aliphatic heterocycles. The summed E-state index contributed by atoms with van der Waals surface area (Å²) >= 11 is 7.08. The number of nitrogen functional groups attached to an aromatic ring is 1. The molecule has 128 valence electrons. The lowest BCUT2D eigenvalue weighted by Gasteiger charge is -2.18. The molecule has 0 aliphatic rings. The number of benzene rings is 2. The molecule has 4 aromatic rings. The van der Waals surface area contributed by atoms with Crippen molar-refractivity contribution in [3.63, 3.8) is 0 Å². The Morgan fingerprint density at radius 2 is 1.69 bits per heavy atom. The maximum Gasteiger partial charge on any atom is 0.222 e. The van der Waals surface area contributed by atoms with E-state index >= 15 is 0 Å². The predicted molar refractivity (Wildman–Crippen MR) is 112 cm³/mol. The first-order valence-electron chi connectivity index (χ1n) is 7.81. The largest absolute Gasteiger partial charge is 0.368 e. The van der Waals surface area contributed by atoms with Crippen molar-refractivity contribution in [2.45, 2.75) is 0 Å². The van der Waals surface area contributed by atoms with Crippen LogP contribution < -0.4 is 9.66 Å². The van der Waals surface area contributed by atoms with Crippen molar-refractivity contribution in [3.05, 3.63) is 71.5 Å². The highest BCUT2D eigenvalue weighted by molar-refractivity contribution is 9.10. The second kappa shape index (κ2) is 7.01. The van der Waals surface area contributed by atoms with Gasteiger partial charge in [0.1, 0.15) is 0 Å². The molecule has 0 bridgehead atoms. The van der Waals surface area contributed by atoms with Crippen LogP contribution in [0.5, 0.6) is 0 Å². The van der Waals surface area contributed by atoms with Crippen LogP contribution in [0, 0.1) is 0 Å². The van der Waals surface area contributed by atoms with E-state index in [9.17, 15) is 0 Å². The molecule has 2 heterocycles. The van der Waals surface area contributed by atoms with Gasteiger partial charge in [-0.2, -0.15) is 4.98 Å². The summed E-state index contributed by atoms with van der Waals surface area (Å²) in [5, 5.41) is 0.886. The number of para-hydroxylation sites is 1. The minimum absolute atomic E-state index is 0.227. The van der Waals surface area contributed by atoms with E-state index in [-0.39, 0.29) is 5.95 Å². The molecule has 0 aliphatic carbocycles. The summed E-state index contributed by atoms with van der Waals surface area (Å²) in [5.41, 5.74) is 9.67. The molecule has 2 aromatic carbocycles. The lowest BCUT2D eigenvalue weighted by atomic mass is 10.1. The van der Waals surface area contributed by atoms with Gasteiger partial charge in [-0.1, -0.05) is 24.3 Å². The number of hydrogen-bond acceptors (Lipinski definition) is 5. The van der Waals surface area contributed by atoms with E-state index in [1.807, 2.05) is 64.7 Å². The summed E-state index contributed by atoms with van der Waals surface area (Å²) in [6, 6.07) is 17.9. The lowest BCUT2D eigenvalue weighted by Crippen LogP contribution is -2.07. The van der Waals surface area contributed by atoms with Crippen molar-refractivity contribution in [2.24, 2.45) is 0 Å². The minimum atomic E-state index is 0.227. The zero-order valence-corrected chi connectivity index (χ0v) is 16.6. The number of anilines is 3. The summed E-state index contributed by atoms with van der Waals surface area (Å²) in [6.45, 7) is 0. The molecule has 0 radical (unpaired) electrons. The second-order valence-corrected chi connectivity index (χ2v) is 7.27. The summed E-state index contributed by atoms with van der Waals surface area (Å²) in [6.07, 6.45) is 3.59. The van der Waals surface area contributed by atoms with Gasteiger partial charge in [0.25, 0.3) is 0 Å². The smallest absolute Gasteiger partial charge is 0.222 e. The molecule has 7 heteroatoms. The molecule has 0 unspecified atom stereocenters. The van der Waals surface area contributed by atoms with Crippen LogP contribution in [0.25, 0.3) is 22.0 Å². The van der Waals surface area contributed by atoms with Crippen molar-refractivity contribution in [1.29, 1.82) is 0 Å². The van der Waals surface area contributed by atoms with Crippen molar-refractivity contribution < 1.29 is 0 Å². The monoisotopic (exact) mass is 469 g/mol. The number of rotatable bonds is 3. The zero-order chi connectivity index (χ0) is 18.1. The molecule has 2 aromatic heterocycles. The molecule has 0 fully saturated rings. The van der Waals surface area contributed by atoms with Crippen LogP contribution in [0.2, 0.25) is 0 Å². The number of aromatic nitrogens is 3. The SMILES string of the molecule is Nc1nc(N(Br)c2ccccc2)c2cc(-c3cncc(Br)c3)ccc2n1. The minimum Gasteiger partial charge on any atom is -0.368 e. The van der Waals surface area contributed by atoms with Gasteiger partial charge in [-0.25, -0.2) is 4.98 Å². The molecule has 0 saturated carbocycles. The van der Waals surface area contributed by atoms with Crippen LogP contribution in [0.4, 0.5) is 17.5 Å². The van der Waals surface area contributed by atoms with Crippen molar-refractivity contribution in [1.82, 2.24) is 15.0 Å². The number of nitrogens with two attached hydrogens (primary N) is 1. The van der Waals surface area contributed by atoms with Crippen LogP contribution in [0.1, 0.15) is 0 Å². The van der Waals surface area contributed by atoms with Crippen molar-refractivity contribution >= 4 is 60.4 Å². The van der Waals surface area contributed by atoms with Crippen LogP contribution in [0.3, 0.4) is 0 Å². The molecule has 0 saturated heterocycles. The fourth-order valence-corrected chi connectivity index (χ4v) is 3.58. The van der Waals surface area contributed by atoms with Crippen LogP contribution in [-0.4, -0.2) is 15.0 Å². The molecular weight excluding hydrogens is 458 g/mol. The second-order valence-electron chi connectivity index (χ2n) is 5.65. The van der Waals surface area contributed by atoms with E-state index in [1.54, 1.807) is 6.20 Å². The Kier molecular flexibility index (Phi) is 4.57. The maximum atomic E-state index is 5.92. The molecule has 0 amide bonds. The van der Waals surface area contributed by atoms with E-state index in [2.05, 4.69) is 47.0 Å². The number of nitrogens with zero attached hydrogens (tertiary/aromatic N) is 4. The zero-order valence-electron chi connectivity index (χ0n) is 13.5. The average Bonchev–Trinajstić information content (AvgIpc) is 2.67. The maximum absolute atomic E-state index is 5.92. The molecule has 4 rings (SSSR count). The van der Waals surface area contributed by atoms with Crippen LogP contribution >= 0.6 is 32.1 Å². The first-order chi connectivity index (χ1) is 12.6. The van der Waals surface area contributed by atoms with Crippen molar-refractivity contribution in [3.8, 4) is 11.1 Å². The summed E-state index contributed by atoms with van der Waals surface area (Å²) in [5.74, 6) is 0.910. The van der Waals surface area contributed by atoms with E-state index < -0.39 is 0 Å². The Labute approximate surface area is 167 Å². The van der Waals surface area contributed by atoms with Gasteiger partial charge < -0.3 is 5.73 Å². The first-order valence-corrected chi connectivity index (χ1v) is 9.31. The molecule has 26 heavy (non-hydrogen) atoms. The Morgan fingerprint density at radius 1 is 0.885 bits per heavy atom. The van der Waals surface area contributed by atoms with Gasteiger partial charge in [-0.15, -0.1) is 0 Å². The quantitative estimate of drug-likeness (QED) is 0.401. The lowest BCUT2D eigenvalue weighted by molar-refractivity contribution is 1.21. The molecule has 0 atom stereocenters. The van der Waals surface area contributed by atoms with Gasteiger partial charge in [-0.3, -0.25) is 8.91 Å². The Morgan fingerprint density at radius 3 is 2.46 bits per heavy atom. The highest BCUT2D eigenvalue weighted by Gasteiger charge is 2.15.